The Hall–Kier alpha value is -2.54. The minimum absolute atomic E-state index is 0.137. The lowest BCUT2D eigenvalue weighted by Crippen LogP contribution is -1.96. The van der Waals surface area contributed by atoms with Crippen molar-refractivity contribution in [3.8, 4) is 11.5 Å². The van der Waals surface area contributed by atoms with Gasteiger partial charge >= 0.3 is 0 Å². The zero-order chi connectivity index (χ0) is 14.7. The molecule has 0 unspecified atom stereocenters. The second-order valence-corrected chi connectivity index (χ2v) is 4.07. The van der Waals surface area contributed by atoms with Crippen molar-refractivity contribution in [3.63, 3.8) is 0 Å². The van der Waals surface area contributed by atoms with Crippen molar-refractivity contribution in [2.75, 3.05) is 0 Å². The van der Waals surface area contributed by atoms with Crippen LogP contribution in [0.3, 0.4) is 0 Å². The van der Waals surface area contributed by atoms with Crippen molar-refractivity contribution >= 4 is 5.69 Å². The van der Waals surface area contributed by atoms with E-state index in [0.717, 1.165) is 12.1 Å². The fraction of sp³-hybridized carbons (Fsp3) is 0.154. The maximum absolute atomic E-state index is 13.6. The van der Waals surface area contributed by atoms with Gasteiger partial charge in [-0.15, -0.1) is 0 Å². The third kappa shape index (κ3) is 3.07. The topological polar surface area (TPSA) is 85.5 Å². The van der Waals surface area contributed by atoms with Gasteiger partial charge in [0.25, 0.3) is 5.69 Å². The van der Waals surface area contributed by atoms with Crippen LogP contribution in [0.1, 0.15) is 18.7 Å². The number of rotatable bonds is 4. The molecule has 0 amide bonds. The number of non-ortho nitro benzene ring substituents is 1. The summed E-state index contributed by atoms with van der Waals surface area (Å²) in [5.41, 5.74) is 0.110. The second kappa shape index (κ2) is 5.62. The molecule has 1 aromatic carbocycles. The lowest BCUT2D eigenvalue weighted by Gasteiger charge is -2.08. The highest BCUT2D eigenvalue weighted by molar-refractivity contribution is 5.39. The van der Waals surface area contributed by atoms with Crippen LogP contribution in [-0.2, 0) is 0 Å². The normalized spacial score (nSPS) is 11.9. The zero-order valence-corrected chi connectivity index (χ0v) is 10.5. The zero-order valence-electron chi connectivity index (χ0n) is 10.5. The predicted octanol–water partition coefficient (Wildman–Crippen LogP) is 2.97. The van der Waals surface area contributed by atoms with Crippen LogP contribution in [-0.4, -0.2) is 15.0 Å². The van der Waals surface area contributed by atoms with E-state index in [2.05, 4.69) is 4.98 Å². The number of benzene rings is 1. The molecule has 7 heteroatoms. The molecule has 0 saturated carbocycles. The Morgan fingerprint density at radius 3 is 2.65 bits per heavy atom. The number of hydrogen-bond donors (Lipinski definition) is 1. The van der Waals surface area contributed by atoms with Gasteiger partial charge in [0.15, 0.2) is 11.6 Å². The lowest BCUT2D eigenvalue weighted by molar-refractivity contribution is -0.385. The van der Waals surface area contributed by atoms with Crippen molar-refractivity contribution in [3.05, 3.63) is 58.2 Å². The molecule has 0 aliphatic carbocycles. The van der Waals surface area contributed by atoms with Crippen molar-refractivity contribution in [2.24, 2.45) is 0 Å². The molecule has 1 aromatic heterocycles. The number of aliphatic hydroxyl groups excluding tert-OH is 1. The maximum atomic E-state index is 13.6. The fourth-order valence-electron chi connectivity index (χ4n) is 1.51. The standard InChI is InChI=1S/C13H11FN2O4/c1-8(17)12-4-3-10(7-15-12)20-13-5-2-9(16(18)19)6-11(13)14/h2-8,17H,1H3/t8-/m1/s1. The fourth-order valence-corrected chi connectivity index (χ4v) is 1.51. The first-order chi connectivity index (χ1) is 9.47. The van der Waals surface area contributed by atoms with Crippen LogP contribution >= 0.6 is 0 Å². The minimum Gasteiger partial charge on any atom is -0.453 e. The summed E-state index contributed by atoms with van der Waals surface area (Å²) >= 11 is 0. The monoisotopic (exact) mass is 278 g/mol. The number of nitrogens with zero attached hydrogens (tertiary/aromatic N) is 2. The van der Waals surface area contributed by atoms with Crippen molar-refractivity contribution in [2.45, 2.75) is 13.0 Å². The Morgan fingerprint density at radius 1 is 1.40 bits per heavy atom. The quantitative estimate of drug-likeness (QED) is 0.686. The first-order valence-corrected chi connectivity index (χ1v) is 5.73. The Labute approximate surface area is 113 Å². The minimum atomic E-state index is -0.834. The van der Waals surface area contributed by atoms with Gasteiger partial charge in [-0.2, -0.15) is 0 Å². The van der Waals surface area contributed by atoms with Crippen LogP contribution in [0, 0.1) is 15.9 Å². The average Bonchev–Trinajstić information content (AvgIpc) is 2.41. The van der Waals surface area contributed by atoms with Gasteiger partial charge in [-0.05, 0) is 25.1 Å². The van der Waals surface area contributed by atoms with E-state index in [1.54, 1.807) is 13.0 Å². The van der Waals surface area contributed by atoms with Gasteiger partial charge in [-0.25, -0.2) is 4.39 Å². The molecule has 2 rings (SSSR count). The molecular formula is C13H11FN2O4. The van der Waals surface area contributed by atoms with Crippen LogP contribution in [0.4, 0.5) is 10.1 Å². The van der Waals surface area contributed by atoms with E-state index in [1.807, 2.05) is 0 Å². The van der Waals surface area contributed by atoms with Gasteiger partial charge in [0.2, 0.25) is 0 Å². The number of ether oxygens (including phenoxy) is 1. The smallest absolute Gasteiger partial charge is 0.272 e. The van der Waals surface area contributed by atoms with Crippen molar-refractivity contribution < 1.29 is 19.2 Å². The molecule has 2 aromatic rings. The molecule has 1 heterocycles. The Kier molecular flexibility index (Phi) is 3.90. The number of aromatic nitrogens is 1. The van der Waals surface area contributed by atoms with Crippen molar-refractivity contribution in [1.82, 2.24) is 4.98 Å². The van der Waals surface area contributed by atoms with Gasteiger partial charge in [0.1, 0.15) is 5.75 Å². The predicted molar refractivity (Wildman–Crippen MR) is 68.0 cm³/mol. The molecule has 1 N–H and O–H groups in total. The molecule has 1 atom stereocenters. The molecule has 20 heavy (non-hydrogen) atoms. The summed E-state index contributed by atoms with van der Waals surface area (Å²) in [6.45, 7) is 1.57. The van der Waals surface area contributed by atoms with Gasteiger partial charge in [-0.3, -0.25) is 15.1 Å². The third-order valence-corrected chi connectivity index (χ3v) is 2.54. The molecule has 6 nitrogen and oxygen atoms in total. The summed E-state index contributed by atoms with van der Waals surface area (Å²) in [6, 6.07) is 6.18. The molecule has 0 bridgehead atoms. The Morgan fingerprint density at radius 2 is 2.15 bits per heavy atom. The van der Waals surface area contributed by atoms with Gasteiger partial charge in [-0.1, -0.05) is 0 Å². The average molecular weight is 278 g/mol. The molecule has 0 aliphatic rings. The lowest BCUT2D eigenvalue weighted by atomic mass is 10.2. The summed E-state index contributed by atoms with van der Waals surface area (Å²) in [5, 5.41) is 19.8. The molecular weight excluding hydrogens is 267 g/mol. The summed E-state index contributed by atoms with van der Waals surface area (Å²) in [4.78, 5) is 13.7. The summed E-state index contributed by atoms with van der Waals surface area (Å²) in [6.07, 6.45) is 0.628. The Bertz CT molecular complexity index is 629. The summed E-state index contributed by atoms with van der Waals surface area (Å²) in [5.74, 6) is -0.705. The van der Waals surface area contributed by atoms with Crippen molar-refractivity contribution in [1.29, 1.82) is 0 Å². The highest BCUT2D eigenvalue weighted by Gasteiger charge is 2.12. The number of halogens is 1. The third-order valence-electron chi connectivity index (χ3n) is 2.54. The van der Waals surface area contributed by atoms with Gasteiger partial charge in [0, 0.05) is 6.07 Å². The van der Waals surface area contributed by atoms with Crippen LogP contribution in [0.15, 0.2) is 36.5 Å². The first-order valence-electron chi connectivity index (χ1n) is 5.73. The maximum Gasteiger partial charge on any atom is 0.272 e. The number of pyridine rings is 1. The first kappa shape index (κ1) is 13.9. The van der Waals surface area contributed by atoms with E-state index in [0.29, 0.717) is 5.69 Å². The number of nitro groups is 1. The van der Waals surface area contributed by atoms with E-state index >= 15 is 0 Å². The van der Waals surface area contributed by atoms with E-state index in [1.165, 1.54) is 18.3 Å². The number of hydrogen-bond acceptors (Lipinski definition) is 5. The van der Waals surface area contributed by atoms with E-state index in [9.17, 15) is 19.6 Å². The van der Waals surface area contributed by atoms with Crippen LogP contribution in [0.2, 0.25) is 0 Å². The molecule has 0 radical (unpaired) electrons. The number of aliphatic hydroxyl groups is 1. The molecule has 0 fully saturated rings. The van der Waals surface area contributed by atoms with E-state index < -0.39 is 16.8 Å². The highest BCUT2D eigenvalue weighted by Crippen LogP contribution is 2.27. The summed E-state index contributed by atoms with van der Waals surface area (Å²) < 4.78 is 18.9. The molecule has 104 valence electrons. The van der Waals surface area contributed by atoms with E-state index in [-0.39, 0.29) is 17.2 Å². The molecule has 0 saturated heterocycles. The largest absolute Gasteiger partial charge is 0.453 e. The van der Waals surface area contributed by atoms with Crippen LogP contribution in [0.25, 0.3) is 0 Å². The highest BCUT2D eigenvalue weighted by atomic mass is 19.1. The van der Waals surface area contributed by atoms with E-state index in [4.69, 9.17) is 4.74 Å². The van der Waals surface area contributed by atoms with Crippen LogP contribution < -0.4 is 4.74 Å². The SMILES string of the molecule is C[C@@H](O)c1ccc(Oc2ccc([N+](=O)[O-])cc2F)cn1. The molecule has 0 spiro atoms. The molecule has 0 aliphatic heterocycles. The number of nitro benzene ring substituents is 1. The second-order valence-electron chi connectivity index (χ2n) is 4.07. The van der Waals surface area contributed by atoms with Crippen LogP contribution in [0.5, 0.6) is 11.5 Å². The van der Waals surface area contributed by atoms with Gasteiger partial charge in [0.05, 0.1) is 29.0 Å². The Balaban J connectivity index is 2.19. The van der Waals surface area contributed by atoms with Gasteiger partial charge < -0.3 is 9.84 Å². The summed E-state index contributed by atoms with van der Waals surface area (Å²) in [7, 11) is 0.